The molecule has 1 amide bonds. The number of Topliss-reactive ketones (excluding diaryl/α,β-unsaturated/α-hetero) is 1. The van der Waals surface area contributed by atoms with E-state index in [1.807, 2.05) is 49.1 Å². The molecule has 0 saturated carbocycles. The van der Waals surface area contributed by atoms with Crippen LogP contribution in [0.2, 0.25) is 0 Å². The van der Waals surface area contributed by atoms with Crippen LogP contribution in [0.25, 0.3) is 0 Å². The third kappa shape index (κ3) is 4.85. The van der Waals surface area contributed by atoms with Crippen LogP contribution in [-0.4, -0.2) is 52.8 Å². The van der Waals surface area contributed by atoms with Gasteiger partial charge in [0.1, 0.15) is 11.8 Å². The number of rotatable bonds is 7. The van der Waals surface area contributed by atoms with Crippen molar-refractivity contribution in [2.75, 3.05) is 26.2 Å². The molecule has 29 heavy (non-hydrogen) atoms. The maximum absolute atomic E-state index is 13.3. The zero-order chi connectivity index (χ0) is 20.8. The number of piperidine rings is 1. The molecule has 5 heteroatoms. The molecular weight excluding hydrogens is 364 g/mol. The van der Waals surface area contributed by atoms with Crippen LogP contribution < -0.4 is 0 Å². The number of carbonyl (C=O) groups is 2. The van der Waals surface area contributed by atoms with E-state index in [4.69, 9.17) is 0 Å². The van der Waals surface area contributed by atoms with Crippen LogP contribution in [0.1, 0.15) is 48.7 Å². The number of phenolic OH excluding ortho intramolecular Hbond substituents is 1. The molecule has 3 rings (SSSR count). The molecule has 1 N–H and O–H groups in total. The summed E-state index contributed by atoms with van der Waals surface area (Å²) in [6.45, 7) is 6.81. The first-order valence-corrected chi connectivity index (χ1v) is 10.5. The quantitative estimate of drug-likeness (QED) is 0.724. The number of amides is 1. The zero-order valence-electron chi connectivity index (χ0n) is 17.3. The molecule has 0 aliphatic carbocycles. The van der Waals surface area contributed by atoms with E-state index in [9.17, 15) is 14.7 Å². The lowest BCUT2D eigenvalue weighted by Crippen LogP contribution is -2.46. The van der Waals surface area contributed by atoms with E-state index in [-0.39, 0.29) is 29.4 Å². The topological polar surface area (TPSA) is 60.9 Å². The van der Waals surface area contributed by atoms with Gasteiger partial charge >= 0.3 is 0 Å². The average molecular weight is 395 g/mol. The van der Waals surface area contributed by atoms with Gasteiger partial charge in [0, 0.05) is 24.6 Å². The number of aromatic hydroxyl groups is 1. The van der Waals surface area contributed by atoms with Crippen molar-refractivity contribution in [3.05, 3.63) is 65.7 Å². The molecule has 1 aliphatic rings. The summed E-state index contributed by atoms with van der Waals surface area (Å²) in [5.41, 5.74) is 1.65. The van der Waals surface area contributed by atoms with Gasteiger partial charge in [0.15, 0.2) is 5.78 Å². The molecule has 5 nitrogen and oxygen atoms in total. The van der Waals surface area contributed by atoms with Crippen molar-refractivity contribution in [3.63, 3.8) is 0 Å². The Hall–Kier alpha value is -2.66. The Kier molecular flexibility index (Phi) is 7.04. The maximum atomic E-state index is 13.3. The van der Waals surface area contributed by atoms with Gasteiger partial charge in [-0.2, -0.15) is 0 Å². The summed E-state index contributed by atoms with van der Waals surface area (Å²) in [7, 11) is 0. The van der Waals surface area contributed by atoms with Crippen molar-refractivity contribution in [3.8, 4) is 5.75 Å². The molecule has 1 aliphatic heterocycles. The van der Waals surface area contributed by atoms with Crippen molar-refractivity contribution in [1.82, 2.24) is 9.80 Å². The van der Waals surface area contributed by atoms with Gasteiger partial charge in [-0.3, -0.25) is 14.5 Å². The zero-order valence-corrected chi connectivity index (χ0v) is 17.3. The number of carbonyl (C=O) groups excluding carboxylic acids is 2. The normalized spacial score (nSPS) is 16.3. The summed E-state index contributed by atoms with van der Waals surface area (Å²) < 4.78 is 0. The molecule has 1 heterocycles. The summed E-state index contributed by atoms with van der Waals surface area (Å²) in [6, 6.07) is 16.1. The van der Waals surface area contributed by atoms with Crippen LogP contribution >= 0.6 is 0 Å². The Morgan fingerprint density at radius 2 is 1.59 bits per heavy atom. The molecule has 2 aromatic carbocycles. The number of ketones is 1. The van der Waals surface area contributed by atoms with Crippen LogP contribution in [-0.2, 0) is 4.79 Å². The van der Waals surface area contributed by atoms with Gasteiger partial charge in [0.25, 0.3) is 0 Å². The molecule has 1 atom stereocenters. The first-order chi connectivity index (χ1) is 14.0. The number of phenols is 1. The van der Waals surface area contributed by atoms with Crippen molar-refractivity contribution < 1.29 is 14.7 Å². The number of likely N-dealkylation sites (N-methyl/N-ethyl adjacent to an activating group) is 1. The van der Waals surface area contributed by atoms with Crippen molar-refractivity contribution in [1.29, 1.82) is 0 Å². The van der Waals surface area contributed by atoms with Gasteiger partial charge in [0.2, 0.25) is 5.91 Å². The molecule has 0 spiro atoms. The third-order valence-corrected chi connectivity index (χ3v) is 5.84. The smallest absolute Gasteiger partial charge is 0.244 e. The predicted octanol–water partition coefficient (Wildman–Crippen LogP) is 3.90. The number of nitrogens with zero attached hydrogens (tertiary/aromatic N) is 2. The molecule has 0 aromatic heterocycles. The summed E-state index contributed by atoms with van der Waals surface area (Å²) in [6.07, 6.45) is 1.46. The van der Waals surface area contributed by atoms with Gasteiger partial charge in [-0.25, -0.2) is 0 Å². The fourth-order valence-corrected chi connectivity index (χ4v) is 4.13. The minimum absolute atomic E-state index is 0.0456. The van der Waals surface area contributed by atoms with Gasteiger partial charge in [-0.15, -0.1) is 0 Å². The second-order valence-corrected chi connectivity index (χ2v) is 7.55. The highest BCUT2D eigenvalue weighted by atomic mass is 16.3. The van der Waals surface area contributed by atoms with Crippen LogP contribution in [0.4, 0.5) is 0 Å². The number of likely N-dealkylation sites (tertiary alicyclic amines) is 1. The molecule has 1 fully saturated rings. The minimum atomic E-state index is -0.305. The SMILES string of the molecule is CCN(CC)C(=O)C(c1ccccc1)N1CCC(C(=O)c2ccc(O)cc2)CC1. The number of hydrogen-bond acceptors (Lipinski definition) is 4. The molecule has 1 saturated heterocycles. The van der Waals surface area contributed by atoms with E-state index >= 15 is 0 Å². The van der Waals surface area contributed by atoms with Gasteiger partial charge in [-0.1, -0.05) is 30.3 Å². The third-order valence-electron chi connectivity index (χ3n) is 5.84. The highest BCUT2D eigenvalue weighted by Crippen LogP contribution is 2.30. The standard InChI is InChI=1S/C24H30N2O3/c1-3-25(4-2)24(29)22(18-8-6-5-7-9-18)26-16-14-20(15-17-26)23(28)19-10-12-21(27)13-11-19/h5-13,20,22,27H,3-4,14-17H2,1-2H3. The Balaban J connectivity index is 1.73. The van der Waals surface area contributed by atoms with Gasteiger partial charge in [-0.05, 0) is 69.6 Å². The van der Waals surface area contributed by atoms with E-state index in [0.29, 0.717) is 31.7 Å². The molecule has 0 radical (unpaired) electrons. The molecule has 154 valence electrons. The van der Waals surface area contributed by atoms with E-state index in [1.54, 1.807) is 24.3 Å². The summed E-state index contributed by atoms with van der Waals surface area (Å²) in [5.74, 6) is 0.369. The van der Waals surface area contributed by atoms with Crippen LogP contribution in [0.5, 0.6) is 5.75 Å². The lowest BCUT2D eigenvalue weighted by molar-refractivity contribution is -0.137. The Morgan fingerprint density at radius 1 is 1.00 bits per heavy atom. The lowest BCUT2D eigenvalue weighted by atomic mass is 9.87. The van der Waals surface area contributed by atoms with E-state index in [0.717, 1.165) is 18.4 Å². The number of benzene rings is 2. The Bertz CT molecular complexity index is 808. The minimum Gasteiger partial charge on any atom is -0.508 e. The van der Waals surface area contributed by atoms with Crippen LogP contribution in [0, 0.1) is 5.92 Å². The van der Waals surface area contributed by atoms with Gasteiger partial charge in [0.05, 0.1) is 0 Å². The average Bonchev–Trinajstić information content (AvgIpc) is 2.76. The van der Waals surface area contributed by atoms with Crippen molar-refractivity contribution in [2.45, 2.75) is 32.7 Å². The largest absolute Gasteiger partial charge is 0.508 e. The van der Waals surface area contributed by atoms with Crippen molar-refractivity contribution in [2.24, 2.45) is 5.92 Å². The predicted molar refractivity (Wildman–Crippen MR) is 114 cm³/mol. The highest BCUT2D eigenvalue weighted by Gasteiger charge is 2.34. The summed E-state index contributed by atoms with van der Waals surface area (Å²) in [4.78, 5) is 30.2. The second kappa shape index (κ2) is 9.70. The lowest BCUT2D eigenvalue weighted by Gasteiger charge is -2.38. The maximum Gasteiger partial charge on any atom is 0.244 e. The molecule has 2 aromatic rings. The fraction of sp³-hybridized carbons (Fsp3) is 0.417. The van der Waals surface area contributed by atoms with Crippen LogP contribution in [0.15, 0.2) is 54.6 Å². The van der Waals surface area contributed by atoms with Crippen molar-refractivity contribution >= 4 is 11.7 Å². The number of hydrogen-bond donors (Lipinski definition) is 1. The summed E-state index contributed by atoms with van der Waals surface area (Å²) >= 11 is 0. The summed E-state index contributed by atoms with van der Waals surface area (Å²) in [5, 5.41) is 9.44. The Morgan fingerprint density at radius 3 is 2.14 bits per heavy atom. The molecular formula is C24H30N2O3. The molecule has 1 unspecified atom stereocenters. The monoisotopic (exact) mass is 394 g/mol. The first-order valence-electron chi connectivity index (χ1n) is 10.5. The molecule has 0 bridgehead atoms. The Labute approximate surface area is 172 Å². The van der Waals surface area contributed by atoms with E-state index in [2.05, 4.69) is 4.90 Å². The van der Waals surface area contributed by atoms with E-state index < -0.39 is 0 Å². The fourth-order valence-electron chi connectivity index (χ4n) is 4.13. The first kappa shape index (κ1) is 21.1. The van der Waals surface area contributed by atoms with E-state index in [1.165, 1.54) is 0 Å². The second-order valence-electron chi connectivity index (χ2n) is 7.55. The van der Waals surface area contributed by atoms with Crippen LogP contribution in [0.3, 0.4) is 0 Å². The highest BCUT2D eigenvalue weighted by molar-refractivity contribution is 5.98. The van der Waals surface area contributed by atoms with Gasteiger partial charge < -0.3 is 10.0 Å².